The molecule has 5 heteroatoms. The Morgan fingerprint density at radius 2 is 1.35 bits per heavy atom. The van der Waals surface area contributed by atoms with E-state index in [2.05, 4.69) is 0 Å². The molecule has 5 nitrogen and oxygen atoms in total. The number of urea groups is 1. The van der Waals surface area contributed by atoms with Crippen LogP contribution < -0.4 is 9.80 Å². The Labute approximate surface area is 152 Å². The van der Waals surface area contributed by atoms with Gasteiger partial charge in [-0.2, -0.15) is 0 Å². The summed E-state index contributed by atoms with van der Waals surface area (Å²) in [7, 11) is 0. The summed E-state index contributed by atoms with van der Waals surface area (Å²) in [5.74, 6) is -0.814. The summed E-state index contributed by atoms with van der Waals surface area (Å²) in [5.41, 5.74) is -0.818. The Balaban J connectivity index is 1.83. The maximum Gasteiger partial charge on any atom is 0.338 e. The molecule has 1 saturated carbocycles. The van der Waals surface area contributed by atoms with Gasteiger partial charge >= 0.3 is 6.03 Å². The Morgan fingerprint density at radius 3 is 1.92 bits per heavy atom. The third kappa shape index (κ3) is 2.51. The van der Waals surface area contributed by atoms with E-state index in [0.29, 0.717) is 11.4 Å². The molecule has 2 fully saturated rings. The average molecular weight is 350 g/mol. The van der Waals surface area contributed by atoms with E-state index >= 15 is 0 Å². The highest BCUT2D eigenvalue weighted by molar-refractivity contribution is 6.29. The van der Waals surface area contributed by atoms with Crippen molar-refractivity contribution in [3.8, 4) is 0 Å². The lowest BCUT2D eigenvalue weighted by molar-refractivity contribution is -0.139. The lowest BCUT2D eigenvalue weighted by atomic mass is 9.80. The second kappa shape index (κ2) is 6.57. The first-order valence-corrected chi connectivity index (χ1v) is 9.15. The molecule has 0 radical (unpaired) electrons. The molecule has 4 rings (SSSR count). The lowest BCUT2D eigenvalue weighted by Gasteiger charge is -2.38. The van der Waals surface area contributed by atoms with E-state index in [4.69, 9.17) is 0 Å². The van der Waals surface area contributed by atoms with Crippen molar-refractivity contribution >= 4 is 23.3 Å². The number of imide groups is 1. The highest BCUT2D eigenvalue weighted by Crippen LogP contribution is 2.43. The van der Waals surface area contributed by atoms with Crippen LogP contribution in [0.15, 0.2) is 60.7 Å². The van der Waals surface area contributed by atoms with Gasteiger partial charge in [0.1, 0.15) is 0 Å². The number of amides is 3. The fourth-order valence-electron chi connectivity index (χ4n) is 4.14. The van der Waals surface area contributed by atoms with Gasteiger partial charge in [0.05, 0.1) is 5.69 Å². The molecule has 1 saturated heterocycles. The number of hydrogen-bond acceptors (Lipinski definition) is 3. The van der Waals surface area contributed by atoms with Gasteiger partial charge in [0, 0.05) is 11.6 Å². The molecule has 2 aliphatic rings. The van der Waals surface area contributed by atoms with Gasteiger partial charge in [0.2, 0.25) is 5.72 Å². The molecular formula is C21H22N2O3. The van der Waals surface area contributed by atoms with Crippen molar-refractivity contribution in [3.05, 3.63) is 60.7 Å². The van der Waals surface area contributed by atoms with E-state index in [1.165, 1.54) is 4.90 Å². The molecule has 1 aliphatic heterocycles. The predicted molar refractivity (Wildman–Crippen MR) is 99.8 cm³/mol. The molecule has 26 heavy (non-hydrogen) atoms. The number of carbonyl (C=O) groups is 2. The third-order valence-electron chi connectivity index (χ3n) is 5.44. The number of anilines is 2. The van der Waals surface area contributed by atoms with Crippen LogP contribution >= 0.6 is 0 Å². The minimum absolute atomic E-state index is 0.262. The first kappa shape index (κ1) is 16.8. The number of aliphatic hydroxyl groups is 1. The zero-order chi connectivity index (χ0) is 18.1. The van der Waals surface area contributed by atoms with Crippen LogP contribution in [0, 0.1) is 5.92 Å². The second-order valence-electron chi connectivity index (χ2n) is 6.99. The van der Waals surface area contributed by atoms with Crippen LogP contribution in [0.3, 0.4) is 0 Å². The normalized spacial score (nSPS) is 24.3. The quantitative estimate of drug-likeness (QED) is 0.853. The van der Waals surface area contributed by atoms with Crippen LogP contribution in [0.25, 0.3) is 0 Å². The summed E-state index contributed by atoms with van der Waals surface area (Å²) in [5, 5.41) is 11.6. The summed E-state index contributed by atoms with van der Waals surface area (Å²) in [6.45, 7) is 0. The molecule has 134 valence electrons. The van der Waals surface area contributed by atoms with Gasteiger partial charge in [-0.1, -0.05) is 55.7 Å². The van der Waals surface area contributed by atoms with Gasteiger partial charge < -0.3 is 5.11 Å². The van der Waals surface area contributed by atoms with Gasteiger partial charge in [-0.25, -0.2) is 9.69 Å². The van der Waals surface area contributed by atoms with Gasteiger partial charge in [0.15, 0.2) is 0 Å². The zero-order valence-electron chi connectivity index (χ0n) is 14.5. The fourth-order valence-corrected chi connectivity index (χ4v) is 4.14. The predicted octanol–water partition coefficient (Wildman–Crippen LogP) is 3.93. The van der Waals surface area contributed by atoms with Gasteiger partial charge in [-0.05, 0) is 37.1 Å². The Bertz CT molecular complexity index is 803. The summed E-state index contributed by atoms with van der Waals surface area (Å²) in [4.78, 5) is 29.0. The van der Waals surface area contributed by atoms with Crippen LogP contribution in [0.4, 0.5) is 16.2 Å². The highest BCUT2D eigenvalue weighted by Gasteiger charge is 2.61. The lowest BCUT2D eigenvalue weighted by Crippen LogP contribution is -2.56. The standard InChI is InChI=1S/C21H22N2O3/c24-19-21(26,16-10-4-1-5-11-16)23(18-14-8-3-9-15-18)20(25)22(19)17-12-6-2-7-13-17/h2-3,6-9,12-16,26H,1,4-5,10-11H2. The number of benzene rings is 2. The third-order valence-corrected chi connectivity index (χ3v) is 5.44. The van der Waals surface area contributed by atoms with Gasteiger partial charge in [-0.15, -0.1) is 0 Å². The van der Waals surface area contributed by atoms with Crippen molar-refractivity contribution in [2.24, 2.45) is 5.92 Å². The Hall–Kier alpha value is -2.66. The molecule has 2 aromatic rings. The highest BCUT2D eigenvalue weighted by atomic mass is 16.3. The van der Waals surface area contributed by atoms with Gasteiger partial charge in [-0.3, -0.25) is 9.69 Å². The van der Waals surface area contributed by atoms with Crippen molar-refractivity contribution in [2.45, 2.75) is 37.8 Å². The second-order valence-corrected chi connectivity index (χ2v) is 6.99. The largest absolute Gasteiger partial charge is 0.362 e. The number of rotatable bonds is 3. The molecule has 3 amide bonds. The van der Waals surface area contributed by atoms with Crippen LogP contribution in [0.5, 0.6) is 0 Å². The number of nitrogens with zero attached hydrogens (tertiary/aromatic N) is 2. The molecule has 1 N–H and O–H groups in total. The number of carbonyl (C=O) groups excluding carboxylic acids is 2. The Morgan fingerprint density at radius 1 is 0.808 bits per heavy atom. The Kier molecular flexibility index (Phi) is 4.24. The topological polar surface area (TPSA) is 60.9 Å². The monoisotopic (exact) mass is 350 g/mol. The zero-order valence-corrected chi connectivity index (χ0v) is 14.5. The van der Waals surface area contributed by atoms with Crippen LogP contribution in [0.1, 0.15) is 32.1 Å². The molecule has 1 atom stereocenters. The summed E-state index contributed by atoms with van der Waals surface area (Å²) >= 11 is 0. The molecular weight excluding hydrogens is 328 g/mol. The molecule has 0 aromatic heterocycles. The van der Waals surface area contributed by atoms with Crippen LogP contribution in [-0.4, -0.2) is 22.8 Å². The van der Waals surface area contributed by atoms with Crippen molar-refractivity contribution in [2.75, 3.05) is 9.80 Å². The fraction of sp³-hybridized carbons (Fsp3) is 0.333. The molecule has 0 spiro atoms. The first-order valence-electron chi connectivity index (χ1n) is 9.15. The smallest absolute Gasteiger partial charge is 0.338 e. The molecule has 2 aromatic carbocycles. The molecule has 1 unspecified atom stereocenters. The summed E-state index contributed by atoms with van der Waals surface area (Å²) < 4.78 is 0. The van der Waals surface area contributed by atoms with Crippen molar-refractivity contribution in [1.82, 2.24) is 0 Å². The van der Waals surface area contributed by atoms with Crippen molar-refractivity contribution in [1.29, 1.82) is 0 Å². The number of hydrogen-bond donors (Lipinski definition) is 1. The van der Waals surface area contributed by atoms with E-state index in [9.17, 15) is 14.7 Å². The first-order chi connectivity index (χ1) is 12.6. The molecule has 0 bridgehead atoms. The molecule has 1 heterocycles. The summed E-state index contributed by atoms with van der Waals surface area (Å²) in [6, 6.07) is 17.3. The maximum absolute atomic E-state index is 13.3. The SMILES string of the molecule is O=C1N(c2ccccc2)C(=O)C(O)(C2CCCCC2)N1c1ccccc1. The van der Waals surface area contributed by atoms with Crippen LogP contribution in [-0.2, 0) is 4.79 Å². The number of para-hydroxylation sites is 2. The van der Waals surface area contributed by atoms with E-state index in [0.717, 1.165) is 37.0 Å². The van der Waals surface area contributed by atoms with Crippen molar-refractivity contribution < 1.29 is 14.7 Å². The van der Waals surface area contributed by atoms with Crippen molar-refractivity contribution in [3.63, 3.8) is 0 Å². The molecule has 1 aliphatic carbocycles. The maximum atomic E-state index is 13.3. The van der Waals surface area contributed by atoms with E-state index in [1.807, 2.05) is 12.1 Å². The average Bonchev–Trinajstić information content (AvgIpc) is 2.90. The van der Waals surface area contributed by atoms with E-state index < -0.39 is 17.7 Å². The minimum Gasteiger partial charge on any atom is -0.362 e. The summed E-state index contributed by atoms with van der Waals surface area (Å²) in [6.07, 6.45) is 4.50. The van der Waals surface area contributed by atoms with Crippen LogP contribution in [0.2, 0.25) is 0 Å². The van der Waals surface area contributed by atoms with E-state index in [-0.39, 0.29) is 5.92 Å². The van der Waals surface area contributed by atoms with E-state index in [1.54, 1.807) is 48.5 Å². The minimum atomic E-state index is -1.84. The van der Waals surface area contributed by atoms with Gasteiger partial charge in [0.25, 0.3) is 5.91 Å².